The number of fused-ring (bicyclic) bond motifs is 1. The van der Waals surface area contributed by atoms with E-state index in [1.54, 1.807) is 12.4 Å². The van der Waals surface area contributed by atoms with E-state index >= 15 is 0 Å². The molecule has 2 heterocycles. The second-order valence-electron chi connectivity index (χ2n) is 6.27. The number of amides is 1. The molecule has 6 heteroatoms. The highest BCUT2D eigenvalue weighted by Gasteiger charge is 2.29. The van der Waals surface area contributed by atoms with Crippen LogP contribution in [0.25, 0.3) is 0 Å². The zero-order valence-corrected chi connectivity index (χ0v) is 13.4. The number of carbonyl (C=O) groups excluding carboxylic acids is 1. The number of nitrogen functional groups attached to an aromatic ring is 1. The topological polar surface area (TPSA) is 81.3 Å². The minimum atomic E-state index is -0.328. The quantitative estimate of drug-likeness (QED) is 0.910. The van der Waals surface area contributed by atoms with Crippen molar-refractivity contribution >= 4 is 11.7 Å². The van der Waals surface area contributed by atoms with Gasteiger partial charge in [0.2, 0.25) is 0 Å². The molecule has 4 rings (SSSR count). The summed E-state index contributed by atoms with van der Waals surface area (Å²) in [5, 5.41) is 0. The number of ether oxygens (including phenoxy) is 1. The molecule has 124 valence electrons. The number of nitrogens with zero attached hydrogens (tertiary/aromatic N) is 3. The van der Waals surface area contributed by atoms with Crippen molar-refractivity contribution in [3.8, 4) is 0 Å². The molecule has 0 unspecified atom stereocenters. The Hall–Kier alpha value is -2.47. The van der Waals surface area contributed by atoms with Gasteiger partial charge >= 0.3 is 0 Å². The second kappa shape index (κ2) is 6.20. The Morgan fingerprint density at radius 3 is 2.92 bits per heavy atom. The van der Waals surface area contributed by atoms with Crippen LogP contribution in [0.4, 0.5) is 5.82 Å². The normalized spacial score (nSPS) is 20.0. The van der Waals surface area contributed by atoms with Gasteiger partial charge in [0.05, 0.1) is 13.2 Å². The number of aryl methyl sites for hydroxylation is 2. The van der Waals surface area contributed by atoms with Crippen molar-refractivity contribution in [2.75, 3.05) is 25.4 Å². The monoisotopic (exact) mass is 324 g/mol. The summed E-state index contributed by atoms with van der Waals surface area (Å²) in [4.78, 5) is 23.0. The first-order chi connectivity index (χ1) is 11.7. The summed E-state index contributed by atoms with van der Waals surface area (Å²) in [6.07, 6.45) is 6.18. The van der Waals surface area contributed by atoms with Gasteiger partial charge in [0, 0.05) is 24.5 Å². The highest BCUT2D eigenvalue weighted by molar-refractivity contribution is 5.94. The van der Waals surface area contributed by atoms with Crippen LogP contribution in [-0.2, 0) is 17.6 Å². The number of nitrogens with two attached hydrogens (primary N) is 1. The number of anilines is 1. The van der Waals surface area contributed by atoms with E-state index in [9.17, 15) is 4.79 Å². The van der Waals surface area contributed by atoms with E-state index < -0.39 is 0 Å². The Morgan fingerprint density at radius 1 is 1.21 bits per heavy atom. The highest BCUT2D eigenvalue weighted by atomic mass is 16.5. The lowest BCUT2D eigenvalue weighted by Gasteiger charge is -2.33. The molecule has 2 aliphatic rings. The van der Waals surface area contributed by atoms with Crippen LogP contribution in [-0.4, -0.2) is 40.5 Å². The van der Waals surface area contributed by atoms with E-state index in [-0.39, 0.29) is 12.0 Å². The molecule has 24 heavy (non-hydrogen) atoms. The van der Waals surface area contributed by atoms with E-state index in [2.05, 4.69) is 16.0 Å². The van der Waals surface area contributed by atoms with Crippen molar-refractivity contribution in [2.45, 2.75) is 25.4 Å². The number of hydrogen-bond acceptors (Lipinski definition) is 5. The fourth-order valence-electron chi connectivity index (χ4n) is 3.49. The average molecular weight is 324 g/mol. The summed E-state index contributed by atoms with van der Waals surface area (Å²) in [7, 11) is 0. The van der Waals surface area contributed by atoms with Crippen LogP contribution < -0.4 is 5.73 Å². The molecule has 1 fully saturated rings. The van der Waals surface area contributed by atoms with Gasteiger partial charge in [-0.1, -0.05) is 6.07 Å². The maximum Gasteiger partial charge on any atom is 0.254 e. The predicted octanol–water partition coefficient (Wildman–Crippen LogP) is 1.76. The largest absolute Gasteiger partial charge is 0.382 e. The van der Waals surface area contributed by atoms with Gasteiger partial charge < -0.3 is 15.4 Å². The van der Waals surface area contributed by atoms with Crippen LogP contribution in [0.1, 0.15) is 39.7 Å². The van der Waals surface area contributed by atoms with E-state index in [0.717, 1.165) is 18.4 Å². The van der Waals surface area contributed by atoms with E-state index in [0.29, 0.717) is 31.2 Å². The van der Waals surface area contributed by atoms with E-state index in [4.69, 9.17) is 10.5 Å². The van der Waals surface area contributed by atoms with E-state index in [1.807, 2.05) is 17.0 Å². The van der Waals surface area contributed by atoms with Crippen molar-refractivity contribution in [1.82, 2.24) is 14.9 Å². The molecule has 1 aromatic heterocycles. The third kappa shape index (κ3) is 2.73. The first-order valence-corrected chi connectivity index (χ1v) is 8.31. The van der Waals surface area contributed by atoms with E-state index in [1.165, 1.54) is 17.5 Å². The van der Waals surface area contributed by atoms with Gasteiger partial charge in [-0.05, 0) is 42.5 Å². The van der Waals surface area contributed by atoms with Crippen LogP contribution in [0.5, 0.6) is 0 Å². The molecule has 1 saturated heterocycles. The van der Waals surface area contributed by atoms with Gasteiger partial charge in [0.15, 0.2) is 0 Å². The molecular weight excluding hydrogens is 304 g/mol. The third-order valence-corrected chi connectivity index (χ3v) is 4.76. The maximum absolute atomic E-state index is 12.9. The molecule has 2 N–H and O–H groups in total. The number of benzene rings is 1. The standard InChI is InChI=1S/C18H20N4O2/c19-17-16(20-6-7-21-17)15-11-22(8-9-24-15)18(23)14-5-4-12-2-1-3-13(12)10-14/h4-7,10,15H,1-3,8-9,11H2,(H2,19,21)/t15-/m1/s1. The lowest BCUT2D eigenvalue weighted by Crippen LogP contribution is -2.42. The van der Waals surface area contributed by atoms with Crippen molar-refractivity contribution in [3.63, 3.8) is 0 Å². The lowest BCUT2D eigenvalue weighted by molar-refractivity contribution is -0.0245. The second-order valence-corrected chi connectivity index (χ2v) is 6.27. The molecule has 1 atom stereocenters. The number of rotatable bonds is 2. The summed E-state index contributed by atoms with van der Waals surface area (Å²) in [6, 6.07) is 6.08. The van der Waals surface area contributed by atoms with Gasteiger partial charge in [0.1, 0.15) is 17.6 Å². The first kappa shape index (κ1) is 15.1. The summed E-state index contributed by atoms with van der Waals surface area (Å²) >= 11 is 0. The number of hydrogen-bond donors (Lipinski definition) is 1. The molecule has 0 saturated carbocycles. The van der Waals surface area contributed by atoms with Crippen LogP contribution in [0, 0.1) is 0 Å². The Kier molecular flexibility index (Phi) is 3.90. The molecule has 2 aromatic rings. The molecular formula is C18H20N4O2. The van der Waals surface area contributed by atoms with Crippen molar-refractivity contribution in [2.24, 2.45) is 0 Å². The van der Waals surface area contributed by atoms with Crippen molar-refractivity contribution < 1.29 is 9.53 Å². The fourth-order valence-corrected chi connectivity index (χ4v) is 3.49. The predicted molar refractivity (Wildman–Crippen MR) is 89.5 cm³/mol. The number of carbonyl (C=O) groups is 1. The molecule has 1 aromatic carbocycles. The Labute approximate surface area is 140 Å². The molecule has 1 aliphatic heterocycles. The minimum Gasteiger partial charge on any atom is -0.382 e. The zero-order chi connectivity index (χ0) is 16.5. The van der Waals surface area contributed by atoms with Crippen LogP contribution in [0.2, 0.25) is 0 Å². The van der Waals surface area contributed by atoms with Gasteiger partial charge in [-0.2, -0.15) is 0 Å². The van der Waals surface area contributed by atoms with Gasteiger partial charge in [-0.15, -0.1) is 0 Å². The molecule has 0 spiro atoms. The molecule has 6 nitrogen and oxygen atoms in total. The summed E-state index contributed by atoms with van der Waals surface area (Å²) in [6.45, 7) is 1.49. The third-order valence-electron chi connectivity index (χ3n) is 4.76. The summed E-state index contributed by atoms with van der Waals surface area (Å²) < 4.78 is 5.76. The van der Waals surface area contributed by atoms with Crippen LogP contribution in [0.3, 0.4) is 0 Å². The van der Waals surface area contributed by atoms with Crippen LogP contribution in [0.15, 0.2) is 30.6 Å². The summed E-state index contributed by atoms with van der Waals surface area (Å²) in [5.74, 6) is 0.398. The Balaban J connectivity index is 1.53. The minimum absolute atomic E-state index is 0.0421. The van der Waals surface area contributed by atoms with Crippen molar-refractivity contribution in [3.05, 3.63) is 53.0 Å². The SMILES string of the molecule is Nc1nccnc1[C@H]1CN(C(=O)c2ccc3c(c2)CCC3)CCO1. The van der Waals surface area contributed by atoms with Gasteiger partial charge in [-0.25, -0.2) is 4.98 Å². The number of morpholine rings is 1. The Morgan fingerprint density at radius 2 is 2.04 bits per heavy atom. The molecule has 1 amide bonds. The van der Waals surface area contributed by atoms with Crippen molar-refractivity contribution in [1.29, 1.82) is 0 Å². The number of aromatic nitrogens is 2. The molecule has 1 aliphatic carbocycles. The Bertz CT molecular complexity index is 777. The molecule has 0 bridgehead atoms. The zero-order valence-electron chi connectivity index (χ0n) is 13.4. The van der Waals surface area contributed by atoms with Gasteiger partial charge in [-0.3, -0.25) is 9.78 Å². The molecule has 0 radical (unpaired) electrons. The summed E-state index contributed by atoms with van der Waals surface area (Å²) in [5.41, 5.74) is 9.93. The smallest absolute Gasteiger partial charge is 0.254 e. The average Bonchev–Trinajstić information content (AvgIpc) is 3.09. The highest BCUT2D eigenvalue weighted by Crippen LogP contribution is 2.26. The fraction of sp³-hybridized carbons (Fsp3) is 0.389. The first-order valence-electron chi connectivity index (χ1n) is 8.31. The maximum atomic E-state index is 12.9. The van der Waals surface area contributed by atoms with Crippen LogP contribution >= 0.6 is 0 Å². The lowest BCUT2D eigenvalue weighted by atomic mass is 10.0. The van der Waals surface area contributed by atoms with Gasteiger partial charge in [0.25, 0.3) is 5.91 Å².